The van der Waals surface area contributed by atoms with Crippen LogP contribution in [0.25, 0.3) is 0 Å². The first-order valence-electron chi connectivity index (χ1n) is 5.53. The maximum absolute atomic E-state index is 3.72. The van der Waals surface area contributed by atoms with Gasteiger partial charge in [-0.15, -0.1) is 24.3 Å². The Hall–Kier alpha value is -1.15. The Balaban J connectivity index is 0. The zero-order valence-electron chi connectivity index (χ0n) is 11.2. The summed E-state index contributed by atoms with van der Waals surface area (Å²) in [6, 6.07) is 19.7. The molecule has 94 valence electrons. The Bertz CT molecular complexity index is 322. The fourth-order valence-electron chi connectivity index (χ4n) is 0.956. The maximum Gasteiger partial charge on any atom is 2.00 e. The molecule has 0 aliphatic heterocycles. The smallest absolute Gasteiger partial charge is 0.323 e. The molecule has 1 N–H and O–H groups in total. The molecule has 1 nitrogen and oxygen atoms in total. The van der Waals surface area contributed by atoms with Crippen LogP contribution in [-0.4, -0.2) is 14.1 Å². The second-order valence-corrected chi connectivity index (χ2v) is 3.47. The summed E-state index contributed by atoms with van der Waals surface area (Å²) in [4.78, 5) is 0. The molecule has 0 bridgehead atoms. The number of nitrogens with one attached hydrogen (secondary N) is 1. The molecule has 0 radical (unpaired) electrons. The minimum Gasteiger partial charge on any atom is -0.323 e. The Labute approximate surface area is 127 Å². The van der Waals surface area contributed by atoms with E-state index in [4.69, 9.17) is 0 Å². The van der Waals surface area contributed by atoms with Crippen molar-refractivity contribution >= 4 is 0 Å². The van der Waals surface area contributed by atoms with Gasteiger partial charge in [0.15, 0.2) is 0 Å². The average molecular weight is 275 g/mol. The van der Waals surface area contributed by atoms with Crippen molar-refractivity contribution in [1.29, 1.82) is 0 Å². The zero-order chi connectivity index (χ0) is 12.9. The molecule has 0 amide bonds. The van der Waals surface area contributed by atoms with Gasteiger partial charge < -0.3 is 5.32 Å². The average Bonchev–Trinajstić information content (AvgIpc) is 2.33. The number of hydrogen-bond acceptors (Lipinski definition) is 1. The summed E-state index contributed by atoms with van der Waals surface area (Å²) in [5.41, 5.74) is 2.14. The molecule has 0 saturated carbocycles. The molecule has 18 heavy (non-hydrogen) atoms. The Morgan fingerprint density at radius 1 is 0.667 bits per heavy atom. The van der Waals surface area contributed by atoms with Crippen LogP contribution in [0.4, 0.5) is 0 Å². The first-order chi connectivity index (χ1) is 8.20. The van der Waals surface area contributed by atoms with E-state index in [2.05, 4.69) is 19.2 Å². The van der Waals surface area contributed by atoms with Crippen molar-refractivity contribution in [3.05, 3.63) is 85.6 Å². The van der Waals surface area contributed by atoms with Crippen molar-refractivity contribution < 1.29 is 21.7 Å². The fraction of sp³-hybridized carbons (Fsp3) is 0.125. The second-order valence-electron chi connectivity index (χ2n) is 3.47. The molecular weight excluding hydrogens is 254 g/mol. The monoisotopic (exact) mass is 275 g/mol. The number of benzene rings is 2. The Morgan fingerprint density at radius 3 is 1.00 bits per heavy atom. The van der Waals surface area contributed by atoms with Gasteiger partial charge in [0.25, 0.3) is 0 Å². The first kappa shape index (κ1) is 19.2. The van der Waals surface area contributed by atoms with E-state index in [0.717, 1.165) is 11.1 Å². The fourth-order valence-corrected chi connectivity index (χ4v) is 0.956. The van der Waals surface area contributed by atoms with E-state index in [1.165, 1.54) is 0 Å². The molecule has 2 heteroatoms. The van der Waals surface area contributed by atoms with Gasteiger partial charge in [0.2, 0.25) is 0 Å². The van der Waals surface area contributed by atoms with Gasteiger partial charge in [0.05, 0.1) is 0 Å². The molecule has 0 fully saturated rings. The standard InChI is InChI=1S/2C7H7.C2H7N.Ti/c2*1-7-5-3-2-4-6-7;1-3-2;/h2*2-6H,1H2;3H,1-2H3;/q2*-1;;+2. The van der Waals surface area contributed by atoms with Gasteiger partial charge in [-0.05, 0) is 14.1 Å². The second kappa shape index (κ2) is 13.9. The van der Waals surface area contributed by atoms with Crippen molar-refractivity contribution in [2.24, 2.45) is 0 Å². The van der Waals surface area contributed by atoms with Gasteiger partial charge in [-0.3, -0.25) is 0 Å². The summed E-state index contributed by atoms with van der Waals surface area (Å²) in [5, 5.41) is 2.75. The molecular formula is C16H21NTi. The third-order valence-electron chi connectivity index (χ3n) is 1.69. The third kappa shape index (κ3) is 12.9. The number of rotatable bonds is 0. The van der Waals surface area contributed by atoms with Gasteiger partial charge in [-0.1, -0.05) is 12.1 Å². The van der Waals surface area contributed by atoms with Crippen molar-refractivity contribution in [2.75, 3.05) is 14.1 Å². The van der Waals surface area contributed by atoms with Crippen LogP contribution in [0.3, 0.4) is 0 Å². The van der Waals surface area contributed by atoms with Crippen molar-refractivity contribution in [3.8, 4) is 0 Å². The molecule has 0 unspecified atom stereocenters. The molecule has 0 spiro atoms. The van der Waals surface area contributed by atoms with Crippen molar-refractivity contribution in [2.45, 2.75) is 0 Å². The van der Waals surface area contributed by atoms with E-state index in [0.29, 0.717) is 0 Å². The van der Waals surface area contributed by atoms with E-state index in [1.807, 2.05) is 74.8 Å². The molecule has 2 aromatic carbocycles. The predicted octanol–water partition coefficient (Wildman–Crippen LogP) is 3.57. The van der Waals surface area contributed by atoms with Crippen molar-refractivity contribution in [3.63, 3.8) is 0 Å². The Morgan fingerprint density at radius 2 is 0.889 bits per heavy atom. The third-order valence-corrected chi connectivity index (χ3v) is 1.69. The van der Waals surface area contributed by atoms with Crippen LogP contribution in [0.1, 0.15) is 11.1 Å². The minimum atomic E-state index is 0. The van der Waals surface area contributed by atoms with Crippen LogP contribution in [0.15, 0.2) is 60.7 Å². The molecule has 0 saturated heterocycles. The van der Waals surface area contributed by atoms with Crippen LogP contribution < -0.4 is 5.32 Å². The largest absolute Gasteiger partial charge is 2.00 e. The van der Waals surface area contributed by atoms with E-state index >= 15 is 0 Å². The van der Waals surface area contributed by atoms with E-state index in [-0.39, 0.29) is 21.7 Å². The summed E-state index contributed by atoms with van der Waals surface area (Å²) in [6.07, 6.45) is 0. The van der Waals surface area contributed by atoms with E-state index in [9.17, 15) is 0 Å². The molecule has 0 heterocycles. The summed E-state index contributed by atoms with van der Waals surface area (Å²) >= 11 is 0. The molecule has 0 aliphatic rings. The van der Waals surface area contributed by atoms with Gasteiger partial charge in [0.1, 0.15) is 0 Å². The molecule has 2 rings (SSSR count). The molecule has 0 aromatic heterocycles. The maximum atomic E-state index is 3.72. The normalized spacial score (nSPS) is 7.67. The zero-order valence-corrected chi connectivity index (χ0v) is 12.7. The molecule has 0 aliphatic carbocycles. The van der Waals surface area contributed by atoms with Gasteiger partial charge in [-0.25, -0.2) is 0 Å². The minimum absolute atomic E-state index is 0. The van der Waals surface area contributed by atoms with E-state index < -0.39 is 0 Å². The van der Waals surface area contributed by atoms with Gasteiger partial charge in [0, 0.05) is 0 Å². The summed E-state index contributed by atoms with van der Waals surface area (Å²) in [7, 11) is 3.75. The summed E-state index contributed by atoms with van der Waals surface area (Å²) in [5.74, 6) is 0. The van der Waals surface area contributed by atoms with Crippen LogP contribution >= 0.6 is 0 Å². The molecule has 0 atom stereocenters. The van der Waals surface area contributed by atoms with Crippen LogP contribution in [-0.2, 0) is 21.7 Å². The summed E-state index contributed by atoms with van der Waals surface area (Å²) < 4.78 is 0. The van der Waals surface area contributed by atoms with E-state index in [1.54, 1.807) is 0 Å². The first-order valence-corrected chi connectivity index (χ1v) is 5.53. The van der Waals surface area contributed by atoms with Crippen LogP contribution in [0, 0.1) is 13.8 Å². The van der Waals surface area contributed by atoms with Gasteiger partial charge in [-0.2, -0.15) is 49.2 Å². The van der Waals surface area contributed by atoms with Gasteiger partial charge >= 0.3 is 21.7 Å². The molecule has 2 aromatic rings. The van der Waals surface area contributed by atoms with Crippen LogP contribution in [0.2, 0.25) is 0 Å². The van der Waals surface area contributed by atoms with Crippen molar-refractivity contribution in [1.82, 2.24) is 5.32 Å². The number of hydrogen-bond donors (Lipinski definition) is 1. The topological polar surface area (TPSA) is 12.0 Å². The Kier molecular flexibility index (Phi) is 14.8. The summed E-state index contributed by atoms with van der Waals surface area (Å²) in [6.45, 7) is 7.44. The quantitative estimate of drug-likeness (QED) is 0.572. The SMILES string of the molecule is CNC.[CH2-]c1ccccc1.[CH2-]c1ccccc1.[Ti+2]. The predicted molar refractivity (Wildman–Crippen MR) is 76.8 cm³/mol. The van der Waals surface area contributed by atoms with Crippen LogP contribution in [0.5, 0.6) is 0 Å².